The van der Waals surface area contributed by atoms with Gasteiger partial charge in [-0.05, 0) is 30.4 Å². The number of aromatic nitrogens is 1. The van der Waals surface area contributed by atoms with Crippen molar-refractivity contribution < 1.29 is 0 Å². The minimum absolute atomic E-state index is 0.960. The van der Waals surface area contributed by atoms with E-state index in [1.54, 1.807) is 20.7 Å². The Bertz CT molecular complexity index is 501. The highest BCUT2D eigenvalue weighted by Gasteiger charge is 1.92. The smallest absolute Gasteiger partial charge is 0.102 e. The first-order valence-electron chi connectivity index (χ1n) is 4.15. The molecule has 0 bridgehead atoms. The van der Waals surface area contributed by atoms with Gasteiger partial charge in [-0.25, -0.2) is 0 Å². The highest BCUT2D eigenvalue weighted by molar-refractivity contribution is 7.79. The molecule has 0 aliphatic rings. The van der Waals surface area contributed by atoms with E-state index in [1.807, 2.05) is 25.4 Å². The van der Waals surface area contributed by atoms with Gasteiger partial charge in [0.05, 0.1) is 0 Å². The Morgan fingerprint density at radius 3 is 2.79 bits per heavy atom. The van der Waals surface area contributed by atoms with Crippen molar-refractivity contribution in [3.05, 3.63) is 38.8 Å². The van der Waals surface area contributed by atoms with Crippen molar-refractivity contribution >= 4 is 45.1 Å². The zero-order valence-corrected chi connectivity index (χ0v) is 10.1. The summed E-state index contributed by atoms with van der Waals surface area (Å²) in [5.41, 5.74) is 1.20. The summed E-state index contributed by atoms with van der Waals surface area (Å²) in [6.07, 6.45) is 6.24. The zero-order chi connectivity index (χ0) is 9.97. The van der Waals surface area contributed by atoms with Gasteiger partial charge in [-0.3, -0.25) is 0 Å². The second kappa shape index (κ2) is 4.21. The van der Waals surface area contributed by atoms with E-state index in [0.29, 0.717) is 0 Å². The van der Waals surface area contributed by atoms with Crippen molar-refractivity contribution in [2.24, 2.45) is 7.05 Å². The Balaban J connectivity index is 2.23. The fourth-order valence-electron chi connectivity index (χ4n) is 1.14. The van der Waals surface area contributed by atoms with Gasteiger partial charge in [-0.1, -0.05) is 32.9 Å². The van der Waals surface area contributed by atoms with Crippen LogP contribution in [-0.4, -0.2) is 4.57 Å². The number of rotatable bonds is 2. The lowest BCUT2D eigenvalue weighted by Crippen LogP contribution is -1.86. The van der Waals surface area contributed by atoms with Crippen LogP contribution in [0.4, 0.5) is 0 Å². The van der Waals surface area contributed by atoms with E-state index < -0.39 is 0 Å². The Morgan fingerprint density at radius 1 is 1.36 bits per heavy atom. The third-order valence-electron chi connectivity index (χ3n) is 1.88. The molecular weight excluding hydrogens is 230 g/mol. The standard InChI is InChI=1S/C10H9NS3/c1-11-6-2-3-8(11)4-5-9-7-10(12)14-13-9/h2-7H,1H3/b5-4+. The maximum absolute atomic E-state index is 5.06. The molecule has 2 rings (SSSR count). The molecule has 0 aliphatic carbocycles. The molecule has 14 heavy (non-hydrogen) atoms. The number of nitrogens with zero attached hydrogens (tertiary/aromatic N) is 1. The first kappa shape index (κ1) is 9.83. The summed E-state index contributed by atoms with van der Waals surface area (Å²) in [6.45, 7) is 0. The maximum Gasteiger partial charge on any atom is 0.102 e. The highest BCUT2D eigenvalue weighted by atomic mass is 32.9. The van der Waals surface area contributed by atoms with Gasteiger partial charge >= 0.3 is 0 Å². The molecule has 2 aromatic heterocycles. The quantitative estimate of drug-likeness (QED) is 0.565. The van der Waals surface area contributed by atoms with Gasteiger partial charge in [0.25, 0.3) is 0 Å². The SMILES string of the molecule is Cn1cccc1/C=C/c1cc(=S)ss1. The van der Waals surface area contributed by atoms with Crippen LogP contribution in [0.25, 0.3) is 12.2 Å². The summed E-state index contributed by atoms with van der Waals surface area (Å²) in [5.74, 6) is 0. The summed E-state index contributed by atoms with van der Waals surface area (Å²) in [7, 11) is 5.40. The van der Waals surface area contributed by atoms with Gasteiger partial charge in [0, 0.05) is 23.8 Å². The van der Waals surface area contributed by atoms with Gasteiger partial charge in [0.1, 0.15) is 3.82 Å². The van der Waals surface area contributed by atoms with E-state index in [9.17, 15) is 0 Å². The lowest BCUT2D eigenvalue weighted by molar-refractivity contribution is 0.915. The minimum Gasteiger partial charge on any atom is -0.351 e. The molecular formula is C10H9NS3. The van der Waals surface area contributed by atoms with E-state index in [-0.39, 0.29) is 0 Å². The Hall–Kier alpha value is -0.710. The van der Waals surface area contributed by atoms with E-state index in [4.69, 9.17) is 12.2 Å². The van der Waals surface area contributed by atoms with Gasteiger partial charge in [0.2, 0.25) is 0 Å². The van der Waals surface area contributed by atoms with Crippen molar-refractivity contribution in [1.82, 2.24) is 4.57 Å². The predicted octanol–water partition coefficient (Wildman–Crippen LogP) is 4.05. The number of hydrogen-bond acceptors (Lipinski definition) is 3. The average molecular weight is 239 g/mol. The molecule has 0 saturated heterocycles. The molecule has 0 spiro atoms. The Morgan fingerprint density at radius 2 is 2.21 bits per heavy atom. The molecule has 4 heteroatoms. The third kappa shape index (κ3) is 2.20. The molecule has 0 unspecified atom stereocenters. The van der Waals surface area contributed by atoms with Crippen molar-refractivity contribution in [1.29, 1.82) is 0 Å². The second-order valence-corrected chi connectivity index (χ2v) is 5.85. The van der Waals surface area contributed by atoms with Crippen LogP contribution < -0.4 is 0 Å². The van der Waals surface area contributed by atoms with Crippen LogP contribution in [0.1, 0.15) is 10.6 Å². The van der Waals surface area contributed by atoms with Gasteiger partial charge in [0.15, 0.2) is 0 Å². The fourth-order valence-corrected chi connectivity index (χ4v) is 3.36. The first-order chi connectivity index (χ1) is 6.75. The van der Waals surface area contributed by atoms with Crippen molar-refractivity contribution in [2.45, 2.75) is 0 Å². The molecule has 0 saturated carbocycles. The average Bonchev–Trinajstić information content (AvgIpc) is 2.72. The topological polar surface area (TPSA) is 4.93 Å². The van der Waals surface area contributed by atoms with Gasteiger partial charge in [-0.2, -0.15) is 0 Å². The molecule has 0 aliphatic heterocycles. The Labute approximate surface area is 95.3 Å². The van der Waals surface area contributed by atoms with Crippen LogP contribution in [0.2, 0.25) is 0 Å². The monoisotopic (exact) mass is 239 g/mol. The van der Waals surface area contributed by atoms with Gasteiger partial charge < -0.3 is 4.57 Å². The van der Waals surface area contributed by atoms with Crippen molar-refractivity contribution in [3.8, 4) is 0 Å². The molecule has 1 nitrogen and oxygen atoms in total. The molecule has 2 heterocycles. The van der Waals surface area contributed by atoms with Crippen LogP contribution in [0.3, 0.4) is 0 Å². The Kier molecular flexibility index (Phi) is 2.96. The van der Waals surface area contributed by atoms with Crippen LogP contribution in [-0.2, 0) is 7.05 Å². The molecule has 0 aromatic carbocycles. The van der Waals surface area contributed by atoms with Crippen LogP contribution in [0, 0.1) is 3.82 Å². The van der Waals surface area contributed by atoms with Gasteiger partial charge in [-0.15, -0.1) is 0 Å². The summed E-state index contributed by atoms with van der Waals surface area (Å²) in [5, 5.41) is 0. The second-order valence-electron chi connectivity index (χ2n) is 2.91. The number of hydrogen-bond donors (Lipinski definition) is 0. The van der Waals surface area contributed by atoms with Crippen LogP contribution in [0.5, 0.6) is 0 Å². The van der Waals surface area contributed by atoms with Crippen LogP contribution in [0.15, 0.2) is 24.4 Å². The van der Waals surface area contributed by atoms with Crippen LogP contribution >= 0.6 is 32.9 Å². The predicted molar refractivity (Wildman–Crippen MR) is 67.4 cm³/mol. The maximum atomic E-state index is 5.06. The third-order valence-corrected chi connectivity index (χ3v) is 4.74. The van der Waals surface area contributed by atoms with Crippen molar-refractivity contribution in [3.63, 3.8) is 0 Å². The lowest BCUT2D eigenvalue weighted by atomic mass is 10.3. The van der Waals surface area contributed by atoms with Crippen molar-refractivity contribution in [2.75, 3.05) is 0 Å². The van der Waals surface area contributed by atoms with E-state index in [1.165, 1.54) is 10.6 Å². The molecule has 0 amide bonds. The summed E-state index contributed by atoms with van der Waals surface area (Å²) < 4.78 is 3.05. The van der Waals surface area contributed by atoms with E-state index in [0.717, 1.165) is 3.82 Å². The molecule has 0 N–H and O–H groups in total. The largest absolute Gasteiger partial charge is 0.351 e. The summed E-state index contributed by atoms with van der Waals surface area (Å²) >= 11 is 5.06. The molecule has 2 aromatic rings. The summed E-state index contributed by atoms with van der Waals surface area (Å²) in [4.78, 5) is 1.22. The molecule has 0 radical (unpaired) electrons. The highest BCUT2D eigenvalue weighted by Crippen LogP contribution is 2.20. The molecule has 0 atom stereocenters. The fraction of sp³-hybridized carbons (Fsp3) is 0.100. The normalized spacial score (nSPS) is 11.2. The minimum atomic E-state index is 0.960. The molecule has 72 valence electrons. The lowest BCUT2D eigenvalue weighted by Gasteiger charge is -1.93. The van der Waals surface area contributed by atoms with E-state index >= 15 is 0 Å². The zero-order valence-electron chi connectivity index (χ0n) is 7.64. The number of aryl methyl sites for hydroxylation is 1. The summed E-state index contributed by atoms with van der Waals surface area (Å²) in [6, 6.07) is 6.15. The molecule has 0 fully saturated rings. The van der Waals surface area contributed by atoms with E-state index in [2.05, 4.69) is 22.8 Å². The first-order valence-corrected chi connectivity index (χ1v) is 6.71.